The number of hydrogen-bond acceptors (Lipinski definition) is 1. The molecule has 14 heavy (non-hydrogen) atoms. The Bertz CT molecular complexity index is 272. The molecule has 1 N–H and O–H groups in total. The van der Waals surface area contributed by atoms with Gasteiger partial charge in [0.15, 0.2) is 0 Å². The van der Waals surface area contributed by atoms with E-state index in [0.29, 0.717) is 0 Å². The van der Waals surface area contributed by atoms with Crippen molar-refractivity contribution in [3.8, 4) is 0 Å². The summed E-state index contributed by atoms with van der Waals surface area (Å²) >= 11 is 0. The molecule has 1 aromatic rings. The van der Waals surface area contributed by atoms with E-state index in [1.807, 2.05) is 0 Å². The summed E-state index contributed by atoms with van der Waals surface area (Å²) in [6.07, 6.45) is 1.18. The Morgan fingerprint density at radius 1 is 1.14 bits per heavy atom. The van der Waals surface area contributed by atoms with Crippen LogP contribution in [-0.4, -0.2) is 6.54 Å². The fraction of sp³-hybridized carbons (Fsp3) is 0.538. The van der Waals surface area contributed by atoms with E-state index in [9.17, 15) is 0 Å². The zero-order valence-electron chi connectivity index (χ0n) is 9.72. The predicted molar refractivity (Wildman–Crippen MR) is 62.5 cm³/mol. The molecule has 0 amide bonds. The van der Waals surface area contributed by atoms with Crippen LogP contribution in [0.25, 0.3) is 0 Å². The van der Waals surface area contributed by atoms with E-state index in [1.165, 1.54) is 17.5 Å². The summed E-state index contributed by atoms with van der Waals surface area (Å²) in [6, 6.07) is 8.76. The summed E-state index contributed by atoms with van der Waals surface area (Å²) in [6.45, 7) is 9.84. The molecule has 0 aliphatic rings. The summed E-state index contributed by atoms with van der Waals surface area (Å²) in [4.78, 5) is 0. The predicted octanol–water partition coefficient (Wildman–Crippen LogP) is 3.23. The molecule has 0 aliphatic heterocycles. The molecule has 1 nitrogen and oxygen atoms in total. The van der Waals surface area contributed by atoms with Crippen molar-refractivity contribution in [2.75, 3.05) is 6.54 Å². The third-order valence-corrected chi connectivity index (χ3v) is 2.59. The maximum absolute atomic E-state index is 3.54. The minimum absolute atomic E-state index is 0.0870. The van der Waals surface area contributed by atoms with Crippen molar-refractivity contribution in [2.45, 2.75) is 39.7 Å². The van der Waals surface area contributed by atoms with Crippen molar-refractivity contribution in [1.82, 2.24) is 5.32 Å². The molecular formula is C13H21N. The number of aryl methyl sites for hydroxylation is 1. The standard InChI is InChI=1S/C13H21N/c1-5-10-14-13(3,4)12-8-6-11(2)7-9-12/h6-9,14H,5,10H2,1-4H3. The zero-order chi connectivity index (χ0) is 10.6. The number of nitrogens with one attached hydrogen (secondary N) is 1. The van der Waals surface area contributed by atoms with Crippen LogP contribution in [0.1, 0.15) is 38.3 Å². The molecule has 0 fully saturated rings. The van der Waals surface area contributed by atoms with Crippen LogP contribution in [0.2, 0.25) is 0 Å². The molecule has 0 aromatic heterocycles. The fourth-order valence-corrected chi connectivity index (χ4v) is 1.51. The van der Waals surface area contributed by atoms with Gasteiger partial charge >= 0.3 is 0 Å². The largest absolute Gasteiger partial charge is 0.308 e. The molecule has 0 saturated heterocycles. The van der Waals surface area contributed by atoms with Gasteiger partial charge in [0.1, 0.15) is 0 Å². The molecule has 1 aromatic carbocycles. The maximum atomic E-state index is 3.54. The molecule has 0 radical (unpaired) electrons. The van der Waals surface area contributed by atoms with Crippen LogP contribution in [0, 0.1) is 6.92 Å². The van der Waals surface area contributed by atoms with Gasteiger partial charge in [-0.2, -0.15) is 0 Å². The van der Waals surface area contributed by atoms with Gasteiger partial charge in [-0.25, -0.2) is 0 Å². The second-order valence-electron chi connectivity index (χ2n) is 4.42. The fourth-order valence-electron chi connectivity index (χ4n) is 1.51. The highest BCUT2D eigenvalue weighted by Crippen LogP contribution is 2.19. The van der Waals surface area contributed by atoms with Crippen molar-refractivity contribution in [1.29, 1.82) is 0 Å². The first-order valence-electron chi connectivity index (χ1n) is 5.38. The van der Waals surface area contributed by atoms with E-state index < -0.39 is 0 Å². The van der Waals surface area contributed by atoms with Crippen LogP contribution in [0.3, 0.4) is 0 Å². The van der Waals surface area contributed by atoms with Crippen LogP contribution in [-0.2, 0) is 5.54 Å². The molecule has 0 heterocycles. The molecule has 78 valence electrons. The van der Waals surface area contributed by atoms with Crippen LogP contribution in [0.5, 0.6) is 0 Å². The first-order chi connectivity index (χ1) is 6.56. The van der Waals surface area contributed by atoms with Gasteiger partial charge in [-0.15, -0.1) is 0 Å². The van der Waals surface area contributed by atoms with Gasteiger partial charge in [-0.3, -0.25) is 0 Å². The molecule has 0 atom stereocenters. The SMILES string of the molecule is CCCNC(C)(C)c1ccc(C)cc1. The number of benzene rings is 1. The lowest BCUT2D eigenvalue weighted by Gasteiger charge is -2.27. The third-order valence-electron chi connectivity index (χ3n) is 2.59. The normalized spacial score (nSPS) is 11.7. The van der Waals surface area contributed by atoms with E-state index >= 15 is 0 Å². The Labute approximate surface area is 87.5 Å². The quantitative estimate of drug-likeness (QED) is 0.770. The smallest absolute Gasteiger partial charge is 0.0377 e. The van der Waals surface area contributed by atoms with Gasteiger partial charge in [0.25, 0.3) is 0 Å². The lowest BCUT2D eigenvalue weighted by molar-refractivity contribution is 0.404. The van der Waals surface area contributed by atoms with Crippen LogP contribution in [0.4, 0.5) is 0 Å². The molecule has 0 spiro atoms. The highest BCUT2D eigenvalue weighted by molar-refractivity contribution is 5.26. The van der Waals surface area contributed by atoms with Crippen molar-refractivity contribution in [2.24, 2.45) is 0 Å². The van der Waals surface area contributed by atoms with Crippen molar-refractivity contribution >= 4 is 0 Å². The average molecular weight is 191 g/mol. The summed E-state index contributed by atoms with van der Waals surface area (Å²) in [5.74, 6) is 0. The molecule has 1 rings (SSSR count). The second kappa shape index (κ2) is 4.61. The summed E-state index contributed by atoms with van der Waals surface area (Å²) < 4.78 is 0. The number of rotatable bonds is 4. The maximum Gasteiger partial charge on any atom is 0.0377 e. The molecule has 1 heteroatoms. The highest BCUT2D eigenvalue weighted by atomic mass is 14.9. The van der Waals surface area contributed by atoms with Crippen molar-refractivity contribution < 1.29 is 0 Å². The van der Waals surface area contributed by atoms with E-state index in [0.717, 1.165) is 6.54 Å². The minimum atomic E-state index is 0.0870. The Hall–Kier alpha value is -0.820. The Morgan fingerprint density at radius 2 is 1.71 bits per heavy atom. The highest BCUT2D eigenvalue weighted by Gasteiger charge is 2.18. The van der Waals surface area contributed by atoms with E-state index in [4.69, 9.17) is 0 Å². The lowest BCUT2D eigenvalue weighted by Crippen LogP contribution is -2.36. The first-order valence-corrected chi connectivity index (χ1v) is 5.38. The number of hydrogen-bond donors (Lipinski definition) is 1. The molecule has 0 bridgehead atoms. The van der Waals surface area contributed by atoms with E-state index in [1.54, 1.807) is 0 Å². The van der Waals surface area contributed by atoms with Crippen LogP contribution < -0.4 is 5.32 Å². The summed E-state index contributed by atoms with van der Waals surface area (Å²) in [5.41, 5.74) is 2.76. The monoisotopic (exact) mass is 191 g/mol. The molecule has 0 aliphatic carbocycles. The second-order valence-corrected chi connectivity index (χ2v) is 4.42. The van der Waals surface area contributed by atoms with Gasteiger partial charge < -0.3 is 5.32 Å². The minimum Gasteiger partial charge on any atom is -0.308 e. The summed E-state index contributed by atoms with van der Waals surface area (Å²) in [5, 5.41) is 3.54. The van der Waals surface area contributed by atoms with Gasteiger partial charge in [0.2, 0.25) is 0 Å². The molecular weight excluding hydrogens is 170 g/mol. The van der Waals surface area contributed by atoms with Gasteiger partial charge in [0, 0.05) is 5.54 Å². The zero-order valence-corrected chi connectivity index (χ0v) is 9.72. The van der Waals surface area contributed by atoms with E-state index in [-0.39, 0.29) is 5.54 Å². The van der Waals surface area contributed by atoms with Crippen LogP contribution in [0.15, 0.2) is 24.3 Å². The van der Waals surface area contributed by atoms with Crippen LogP contribution >= 0.6 is 0 Å². The molecule has 0 saturated carbocycles. The molecule has 0 unspecified atom stereocenters. The Morgan fingerprint density at radius 3 is 2.21 bits per heavy atom. The van der Waals surface area contributed by atoms with Gasteiger partial charge in [-0.05, 0) is 39.3 Å². The topological polar surface area (TPSA) is 12.0 Å². The van der Waals surface area contributed by atoms with Crippen molar-refractivity contribution in [3.05, 3.63) is 35.4 Å². The van der Waals surface area contributed by atoms with Gasteiger partial charge in [-0.1, -0.05) is 36.8 Å². The van der Waals surface area contributed by atoms with Crippen molar-refractivity contribution in [3.63, 3.8) is 0 Å². The third kappa shape index (κ3) is 2.85. The average Bonchev–Trinajstić information content (AvgIpc) is 2.16. The summed E-state index contributed by atoms with van der Waals surface area (Å²) in [7, 11) is 0. The lowest BCUT2D eigenvalue weighted by atomic mass is 9.93. The Balaban J connectivity index is 2.75. The van der Waals surface area contributed by atoms with E-state index in [2.05, 4.69) is 57.3 Å². The Kier molecular flexibility index (Phi) is 3.70. The first kappa shape index (κ1) is 11.3. The van der Waals surface area contributed by atoms with Gasteiger partial charge in [0.05, 0.1) is 0 Å².